The number of methoxy groups -OCH3 is 1. The summed E-state index contributed by atoms with van der Waals surface area (Å²) in [7, 11) is 3.65. The number of anilines is 1. The molecule has 0 amide bonds. The van der Waals surface area contributed by atoms with Gasteiger partial charge in [-0.3, -0.25) is 5.41 Å². The highest BCUT2D eigenvalue weighted by atomic mass is 16.5. The summed E-state index contributed by atoms with van der Waals surface area (Å²) in [5, 5.41) is 7.85. The Bertz CT molecular complexity index is 598. The number of rotatable bonds is 6. The Balaban J connectivity index is 2.18. The van der Waals surface area contributed by atoms with Crippen molar-refractivity contribution in [1.29, 1.82) is 5.41 Å². The van der Waals surface area contributed by atoms with Gasteiger partial charge in [0.1, 0.15) is 5.75 Å². The molecule has 2 aromatic carbocycles. The summed E-state index contributed by atoms with van der Waals surface area (Å²) >= 11 is 0. The number of nitrogens with one attached hydrogen (secondary N) is 1. The third-order valence-corrected chi connectivity index (χ3v) is 3.53. The molecule has 21 heavy (non-hydrogen) atoms. The first-order valence-electron chi connectivity index (χ1n) is 6.86. The number of hydrogen-bond donors (Lipinski definition) is 2. The Kier molecular flexibility index (Phi) is 4.82. The first-order chi connectivity index (χ1) is 10.1. The minimum absolute atomic E-state index is 0.123. The van der Waals surface area contributed by atoms with E-state index in [1.165, 1.54) is 0 Å². The molecule has 2 aromatic rings. The van der Waals surface area contributed by atoms with Crippen molar-refractivity contribution in [3.63, 3.8) is 0 Å². The van der Waals surface area contributed by atoms with E-state index in [1.807, 2.05) is 61.6 Å². The lowest BCUT2D eigenvalue weighted by atomic mass is 9.97. The third kappa shape index (κ3) is 3.75. The summed E-state index contributed by atoms with van der Waals surface area (Å²) in [5.74, 6) is 0.872. The van der Waals surface area contributed by atoms with E-state index in [0.29, 0.717) is 6.54 Å². The van der Waals surface area contributed by atoms with E-state index in [9.17, 15) is 0 Å². The fourth-order valence-corrected chi connectivity index (χ4v) is 2.30. The molecule has 2 rings (SSSR count). The van der Waals surface area contributed by atoms with E-state index in [4.69, 9.17) is 15.9 Å². The van der Waals surface area contributed by atoms with Crippen LogP contribution in [-0.2, 0) is 0 Å². The molecule has 0 saturated heterocycles. The summed E-state index contributed by atoms with van der Waals surface area (Å²) in [6.45, 7) is 0.645. The molecule has 0 saturated carbocycles. The molecule has 0 aliphatic heterocycles. The lowest BCUT2D eigenvalue weighted by molar-refractivity contribution is 0.415. The van der Waals surface area contributed by atoms with E-state index in [2.05, 4.69) is 4.90 Å². The quantitative estimate of drug-likeness (QED) is 0.633. The lowest BCUT2D eigenvalue weighted by Gasteiger charge is -2.25. The second kappa shape index (κ2) is 6.79. The van der Waals surface area contributed by atoms with Gasteiger partial charge >= 0.3 is 0 Å². The molecule has 0 aliphatic carbocycles. The van der Waals surface area contributed by atoms with Gasteiger partial charge in [-0.2, -0.15) is 0 Å². The molecule has 0 spiro atoms. The van der Waals surface area contributed by atoms with Crippen LogP contribution in [0.4, 0.5) is 5.69 Å². The molecular weight excluding hydrogens is 262 g/mol. The average Bonchev–Trinajstić information content (AvgIpc) is 2.53. The number of nitrogens with zero attached hydrogens (tertiary/aromatic N) is 1. The van der Waals surface area contributed by atoms with Gasteiger partial charge in [-0.25, -0.2) is 0 Å². The van der Waals surface area contributed by atoms with Gasteiger partial charge in [0, 0.05) is 25.3 Å². The summed E-state index contributed by atoms with van der Waals surface area (Å²) in [6.07, 6.45) is 0. The van der Waals surface area contributed by atoms with Crippen molar-refractivity contribution >= 4 is 11.5 Å². The number of ether oxygens (including phenoxy) is 1. The maximum Gasteiger partial charge on any atom is 0.120 e. The number of nitrogens with two attached hydrogens (primary N) is 1. The zero-order valence-electron chi connectivity index (χ0n) is 12.4. The van der Waals surface area contributed by atoms with E-state index in [-0.39, 0.29) is 11.8 Å². The largest absolute Gasteiger partial charge is 0.497 e. The monoisotopic (exact) mass is 283 g/mol. The topological polar surface area (TPSA) is 62.3 Å². The van der Waals surface area contributed by atoms with Crippen molar-refractivity contribution in [2.24, 2.45) is 5.73 Å². The normalized spacial score (nSPS) is 11.7. The summed E-state index contributed by atoms with van der Waals surface area (Å²) in [6, 6.07) is 17.8. The minimum Gasteiger partial charge on any atom is -0.497 e. The van der Waals surface area contributed by atoms with E-state index < -0.39 is 0 Å². The highest BCUT2D eigenvalue weighted by Crippen LogP contribution is 2.23. The molecular formula is C17H21N3O. The minimum atomic E-state index is -0.123. The molecule has 110 valence electrons. The van der Waals surface area contributed by atoms with Crippen LogP contribution in [0.5, 0.6) is 5.75 Å². The summed E-state index contributed by atoms with van der Waals surface area (Å²) in [4.78, 5) is 2.08. The zero-order chi connectivity index (χ0) is 15.2. The Morgan fingerprint density at radius 2 is 1.90 bits per heavy atom. The van der Waals surface area contributed by atoms with Gasteiger partial charge in [0.05, 0.1) is 18.9 Å². The number of hydrogen-bond acceptors (Lipinski definition) is 3. The fraction of sp³-hybridized carbons (Fsp3) is 0.235. The van der Waals surface area contributed by atoms with Gasteiger partial charge in [0.2, 0.25) is 0 Å². The van der Waals surface area contributed by atoms with Gasteiger partial charge in [-0.15, -0.1) is 0 Å². The second-order valence-corrected chi connectivity index (χ2v) is 5.00. The van der Waals surface area contributed by atoms with Crippen LogP contribution in [0.25, 0.3) is 0 Å². The SMILES string of the molecule is COc1cccc(N(C)CC(C(=N)N)c2ccccc2)c1. The predicted octanol–water partition coefficient (Wildman–Crippen LogP) is 2.85. The maximum atomic E-state index is 7.85. The fourth-order valence-electron chi connectivity index (χ4n) is 2.30. The van der Waals surface area contributed by atoms with Gasteiger partial charge < -0.3 is 15.4 Å². The molecule has 0 aromatic heterocycles. The molecule has 0 fully saturated rings. The van der Waals surface area contributed by atoms with E-state index in [1.54, 1.807) is 7.11 Å². The average molecular weight is 283 g/mol. The van der Waals surface area contributed by atoms with Gasteiger partial charge in [-0.05, 0) is 17.7 Å². The Labute approximate surface area is 125 Å². The van der Waals surface area contributed by atoms with E-state index >= 15 is 0 Å². The van der Waals surface area contributed by atoms with Crippen molar-refractivity contribution in [1.82, 2.24) is 0 Å². The first-order valence-corrected chi connectivity index (χ1v) is 6.86. The van der Waals surface area contributed by atoms with Crippen molar-refractivity contribution < 1.29 is 4.74 Å². The molecule has 0 radical (unpaired) electrons. The van der Waals surface area contributed by atoms with Crippen molar-refractivity contribution in [2.45, 2.75) is 5.92 Å². The van der Waals surface area contributed by atoms with Crippen LogP contribution in [0.15, 0.2) is 54.6 Å². The standard InChI is InChI=1S/C17H21N3O/c1-20(14-9-6-10-15(11-14)21-2)12-16(17(18)19)13-7-4-3-5-8-13/h3-11,16H,12H2,1-2H3,(H3,18,19). The number of amidine groups is 1. The van der Waals surface area contributed by atoms with E-state index in [0.717, 1.165) is 17.0 Å². The van der Waals surface area contributed by atoms with Crippen LogP contribution < -0.4 is 15.4 Å². The maximum absolute atomic E-state index is 7.85. The van der Waals surface area contributed by atoms with Crippen LogP contribution in [0.3, 0.4) is 0 Å². The predicted molar refractivity (Wildman–Crippen MR) is 87.4 cm³/mol. The molecule has 1 unspecified atom stereocenters. The molecule has 1 atom stereocenters. The highest BCUT2D eigenvalue weighted by molar-refractivity contribution is 5.85. The van der Waals surface area contributed by atoms with Crippen LogP contribution >= 0.6 is 0 Å². The molecule has 0 heterocycles. The molecule has 0 bridgehead atoms. The Morgan fingerprint density at radius 1 is 1.19 bits per heavy atom. The van der Waals surface area contributed by atoms with Crippen molar-refractivity contribution in [2.75, 3.05) is 25.6 Å². The van der Waals surface area contributed by atoms with Crippen molar-refractivity contribution in [3.05, 3.63) is 60.2 Å². The summed E-state index contributed by atoms with van der Waals surface area (Å²) < 4.78 is 5.25. The zero-order valence-corrected chi connectivity index (χ0v) is 12.4. The molecule has 4 nitrogen and oxygen atoms in total. The summed E-state index contributed by atoms with van der Waals surface area (Å²) in [5.41, 5.74) is 7.88. The number of likely N-dealkylation sites (N-methyl/N-ethyl adjacent to an activating group) is 1. The molecule has 0 aliphatic rings. The molecule has 4 heteroatoms. The number of benzene rings is 2. The smallest absolute Gasteiger partial charge is 0.120 e. The van der Waals surface area contributed by atoms with Gasteiger partial charge in [0.25, 0.3) is 0 Å². The van der Waals surface area contributed by atoms with Gasteiger partial charge in [0.15, 0.2) is 0 Å². The third-order valence-electron chi connectivity index (χ3n) is 3.53. The Hall–Kier alpha value is -2.49. The van der Waals surface area contributed by atoms with Crippen LogP contribution in [0.1, 0.15) is 11.5 Å². The first kappa shape index (κ1) is 14.9. The van der Waals surface area contributed by atoms with Gasteiger partial charge in [-0.1, -0.05) is 36.4 Å². The van der Waals surface area contributed by atoms with Crippen LogP contribution in [0, 0.1) is 5.41 Å². The van der Waals surface area contributed by atoms with Crippen LogP contribution in [0.2, 0.25) is 0 Å². The highest BCUT2D eigenvalue weighted by Gasteiger charge is 2.17. The lowest BCUT2D eigenvalue weighted by Crippen LogP contribution is -2.32. The Morgan fingerprint density at radius 3 is 2.52 bits per heavy atom. The van der Waals surface area contributed by atoms with Crippen molar-refractivity contribution in [3.8, 4) is 5.75 Å². The second-order valence-electron chi connectivity index (χ2n) is 5.00. The molecule has 3 N–H and O–H groups in total. The van der Waals surface area contributed by atoms with Crippen LogP contribution in [-0.4, -0.2) is 26.5 Å².